The van der Waals surface area contributed by atoms with E-state index in [1.54, 1.807) is 18.2 Å². The fourth-order valence-electron chi connectivity index (χ4n) is 4.00. The third-order valence-corrected chi connectivity index (χ3v) is 6.95. The average Bonchev–Trinajstić information content (AvgIpc) is 2.80. The molecule has 2 N–H and O–H groups in total. The predicted molar refractivity (Wildman–Crippen MR) is 140 cm³/mol. The predicted octanol–water partition coefficient (Wildman–Crippen LogP) is 6.22. The van der Waals surface area contributed by atoms with Gasteiger partial charge < -0.3 is 5.32 Å². The maximum absolute atomic E-state index is 12.9. The Morgan fingerprint density at radius 1 is 0.824 bits per heavy atom. The molecule has 0 unspecified atom stereocenters. The van der Waals surface area contributed by atoms with Crippen molar-refractivity contribution in [2.24, 2.45) is 0 Å². The molecule has 4 rings (SSSR count). The molecule has 0 aliphatic rings. The Morgan fingerprint density at radius 3 is 2.18 bits per heavy atom. The molecule has 0 fully saturated rings. The Labute approximate surface area is 200 Å². The van der Waals surface area contributed by atoms with Crippen molar-refractivity contribution in [3.63, 3.8) is 0 Å². The van der Waals surface area contributed by atoms with Crippen LogP contribution in [0.25, 0.3) is 16.8 Å². The Morgan fingerprint density at radius 2 is 1.47 bits per heavy atom. The van der Waals surface area contributed by atoms with Crippen LogP contribution >= 0.6 is 0 Å². The molecule has 1 amide bonds. The number of hydrogen-bond donors (Lipinski definition) is 2. The highest BCUT2D eigenvalue weighted by molar-refractivity contribution is 7.92. The van der Waals surface area contributed by atoms with E-state index in [1.807, 2.05) is 75.4 Å². The van der Waals surface area contributed by atoms with Crippen molar-refractivity contribution in [2.75, 3.05) is 10.0 Å². The molecule has 0 atom stereocenters. The molecule has 4 aromatic carbocycles. The molecule has 0 radical (unpaired) electrons. The molecular formula is C28H26N2O3S. The Bertz CT molecular complexity index is 1480. The lowest BCUT2D eigenvalue weighted by Crippen LogP contribution is -2.15. The summed E-state index contributed by atoms with van der Waals surface area (Å²) >= 11 is 0. The minimum atomic E-state index is -3.76. The summed E-state index contributed by atoms with van der Waals surface area (Å²) in [5.41, 5.74) is 4.84. The average molecular weight is 471 g/mol. The third-order valence-electron chi connectivity index (χ3n) is 5.58. The third kappa shape index (κ3) is 5.18. The molecule has 0 bridgehead atoms. The van der Waals surface area contributed by atoms with Crippen molar-refractivity contribution >= 4 is 44.2 Å². The summed E-state index contributed by atoms with van der Waals surface area (Å²) in [4.78, 5) is 12.5. The van der Waals surface area contributed by atoms with E-state index >= 15 is 0 Å². The number of carbonyl (C=O) groups is 1. The van der Waals surface area contributed by atoms with Crippen LogP contribution in [0, 0.1) is 20.8 Å². The molecule has 5 nitrogen and oxygen atoms in total. The quantitative estimate of drug-likeness (QED) is 0.329. The van der Waals surface area contributed by atoms with Crippen molar-refractivity contribution in [1.29, 1.82) is 0 Å². The smallest absolute Gasteiger partial charge is 0.261 e. The minimum absolute atomic E-state index is 0.121. The van der Waals surface area contributed by atoms with Crippen LogP contribution in [0.2, 0.25) is 0 Å². The van der Waals surface area contributed by atoms with Gasteiger partial charge in [-0.25, -0.2) is 8.42 Å². The van der Waals surface area contributed by atoms with E-state index in [2.05, 4.69) is 10.0 Å². The van der Waals surface area contributed by atoms with Crippen LogP contribution in [0.15, 0.2) is 89.8 Å². The van der Waals surface area contributed by atoms with Gasteiger partial charge in [0.1, 0.15) is 0 Å². The summed E-state index contributed by atoms with van der Waals surface area (Å²) < 4.78 is 28.4. The normalized spacial score (nSPS) is 11.6. The van der Waals surface area contributed by atoms with Gasteiger partial charge in [-0.1, -0.05) is 60.2 Å². The van der Waals surface area contributed by atoms with E-state index in [-0.39, 0.29) is 10.8 Å². The van der Waals surface area contributed by atoms with Crippen molar-refractivity contribution in [3.05, 3.63) is 107 Å². The second-order valence-electron chi connectivity index (χ2n) is 8.29. The van der Waals surface area contributed by atoms with E-state index in [9.17, 15) is 13.2 Å². The first-order valence-corrected chi connectivity index (χ1v) is 12.4. The second-order valence-corrected chi connectivity index (χ2v) is 9.98. The zero-order chi connectivity index (χ0) is 24.3. The molecule has 0 spiro atoms. The van der Waals surface area contributed by atoms with Gasteiger partial charge in [0.25, 0.3) is 10.0 Å². The topological polar surface area (TPSA) is 75.3 Å². The van der Waals surface area contributed by atoms with Gasteiger partial charge in [-0.2, -0.15) is 0 Å². The maximum atomic E-state index is 12.9. The lowest BCUT2D eigenvalue weighted by atomic mass is 10.0. The summed E-state index contributed by atoms with van der Waals surface area (Å²) in [5, 5.41) is 4.94. The van der Waals surface area contributed by atoms with Gasteiger partial charge >= 0.3 is 0 Å². The fraction of sp³-hybridized carbons (Fsp3) is 0.107. The highest BCUT2D eigenvalue weighted by Gasteiger charge is 2.17. The van der Waals surface area contributed by atoms with E-state index in [0.29, 0.717) is 11.4 Å². The second kappa shape index (κ2) is 9.53. The number of benzene rings is 4. The van der Waals surface area contributed by atoms with Crippen LogP contribution in [-0.2, 0) is 14.8 Å². The lowest BCUT2D eigenvalue weighted by Gasteiger charge is -2.14. The fourth-order valence-corrected chi connectivity index (χ4v) is 5.20. The zero-order valence-electron chi connectivity index (χ0n) is 19.3. The van der Waals surface area contributed by atoms with Crippen LogP contribution < -0.4 is 10.0 Å². The van der Waals surface area contributed by atoms with E-state index < -0.39 is 10.0 Å². The number of nitrogens with one attached hydrogen (secondary N) is 2. The number of aryl methyl sites for hydroxylation is 3. The summed E-state index contributed by atoms with van der Waals surface area (Å²) in [7, 11) is -3.76. The molecule has 0 aromatic heterocycles. The Balaban J connectivity index is 1.46. The molecule has 34 heavy (non-hydrogen) atoms. The summed E-state index contributed by atoms with van der Waals surface area (Å²) in [6.07, 6.45) is 3.24. The highest BCUT2D eigenvalue weighted by atomic mass is 32.2. The molecule has 4 aromatic rings. The molecule has 0 saturated carbocycles. The van der Waals surface area contributed by atoms with Gasteiger partial charge in [-0.05, 0) is 78.6 Å². The monoisotopic (exact) mass is 470 g/mol. The van der Waals surface area contributed by atoms with Gasteiger partial charge in [-0.3, -0.25) is 9.52 Å². The summed E-state index contributed by atoms with van der Waals surface area (Å²) in [5.74, 6) is -0.299. The van der Waals surface area contributed by atoms with Gasteiger partial charge in [0.2, 0.25) is 5.91 Å². The Kier molecular flexibility index (Phi) is 6.52. The molecule has 172 valence electrons. The first kappa shape index (κ1) is 23.3. The van der Waals surface area contributed by atoms with Crippen LogP contribution in [0.1, 0.15) is 22.3 Å². The SMILES string of the molecule is Cc1cc(C)c(NS(=O)(=O)c2ccc(NC(=O)C=Cc3cccc4ccccc34)cc2)c(C)c1. The minimum Gasteiger partial charge on any atom is -0.323 e. The van der Waals surface area contributed by atoms with Crippen LogP contribution in [0.3, 0.4) is 0 Å². The van der Waals surface area contributed by atoms with Gasteiger partial charge in [-0.15, -0.1) is 0 Å². The summed E-state index contributed by atoms with van der Waals surface area (Å²) in [6.45, 7) is 5.73. The van der Waals surface area contributed by atoms with E-state index in [4.69, 9.17) is 0 Å². The standard InChI is InChI=1S/C28H26N2O3S/c1-19-17-20(2)28(21(3)18-19)30-34(32,33)25-14-12-24(13-15-25)29-27(31)16-11-23-9-6-8-22-7-4-5-10-26(22)23/h4-18,30H,1-3H3,(H,29,31). The largest absolute Gasteiger partial charge is 0.323 e. The van der Waals surface area contributed by atoms with Crippen molar-refractivity contribution in [3.8, 4) is 0 Å². The Hall–Kier alpha value is -3.90. The number of amides is 1. The number of rotatable bonds is 6. The van der Waals surface area contributed by atoms with E-state index in [0.717, 1.165) is 33.0 Å². The van der Waals surface area contributed by atoms with Crippen molar-refractivity contribution in [1.82, 2.24) is 0 Å². The van der Waals surface area contributed by atoms with Crippen molar-refractivity contribution in [2.45, 2.75) is 25.7 Å². The zero-order valence-corrected chi connectivity index (χ0v) is 20.1. The molecule has 0 saturated heterocycles. The number of anilines is 2. The summed E-state index contributed by atoms with van der Waals surface area (Å²) in [6, 6.07) is 23.9. The van der Waals surface area contributed by atoms with Crippen molar-refractivity contribution < 1.29 is 13.2 Å². The first-order chi connectivity index (χ1) is 16.2. The van der Waals surface area contributed by atoms with Gasteiger partial charge in [0.05, 0.1) is 10.6 Å². The molecule has 0 aliphatic carbocycles. The molecular weight excluding hydrogens is 444 g/mol. The highest BCUT2D eigenvalue weighted by Crippen LogP contribution is 2.26. The van der Waals surface area contributed by atoms with Crippen LogP contribution in [-0.4, -0.2) is 14.3 Å². The number of hydrogen-bond acceptors (Lipinski definition) is 3. The van der Waals surface area contributed by atoms with Crippen LogP contribution in [0.5, 0.6) is 0 Å². The van der Waals surface area contributed by atoms with Crippen LogP contribution in [0.4, 0.5) is 11.4 Å². The number of fused-ring (bicyclic) bond motifs is 1. The number of sulfonamides is 1. The number of carbonyl (C=O) groups excluding carboxylic acids is 1. The maximum Gasteiger partial charge on any atom is 0.261 e. The van der Waals surface area contributed by atoms with Gasteiger partial charge in [0, 0.05) is 11.8 Å². The van der Waals surface area contributed by atoms with Gasteiger partial charge in [0.15, 0.2) is 0 Å². The lowest BCUT2D eigenvalue weighted by molar-refractivity contribution is -0.111. The molecule has 0 aliphatic heterocycles. The molecule has 0 heterocycles. The molecule has 6 heteroatoms. The first-order valence-electron chi connectivity index (χ1n) is 10.9. The van der Waals surface area contributed by atoms with E-state index in [1.165, 1.54) is 18.2 Å².